The Morgan fingerprint density at radius 3 is 2.71 bits per heavy atom. The van der Waals surface area contributed by atoms with E-state index in [2.05, 4.69) is 5.32 Å². The van der Waals surface area contributed by atoms with Crippen molar-refractivity contribution in [2.45, 2.75) is 51.8 Å². The predicted octanol–water partition coefficient (Wildman–Crippen LogP) is 2.82. The van der Waals surface area contributed by atoms with Gasteiger partial charge < -0.3 is 24.8 Å². The molecule has 0 saturated carbocycles. The highest BCUT2D eigenvalue weighted by Crippen LogP contribution is 2.26. The zero-order chi connectivity index (χ0) is 20.9. The van der Waals surface area contributed by atoms with E-state index in [1.807, 2.05) is 0 Å². The maximum Gasteiger partial charge on any atom is 0.408 e. The summed E-state index contributed by atoms with van der Waals surface area (Å²) >= 11 is 6.01. The monoisotopic (exact) mass is 412 g/mol. The fraction of sp³-hybridized carbons (Fsp3) is 0.526. The molecule has 0 saturated heterocycles. The number of amides is 2. The molecule has 9 heteroatoms. The van der Waals surface area contributed by atoms with Crippen LogP contribution in [0.25, 0.3) is 0 Å². The highest BCUT2D eigenvalue weighted by atomic mass is 35.5. The predicted molar refractivity (Wildman–Crippen MR) is 102 cm³/mol. The first kappa shape index (κ1) is 21.8. The number of hydrogen-bond acceptors (Lipinski definition) is 5. The van der Waals surface area contributed by atoms with Gasteiger partial charge in [-0.25, -0.2) is 9.59 Å². The molecule has 0 fully saturated rings. The van der Waals surface area contributed by atoms with Gasteiger partial charge in [0.1, 0.15) is 24.0 Å². The molecule has 1 atom stereocenters. The number of carboxylic acid groups (broad SMARTS) is 1. The summed E-state index contributed by atoms with van der Waals surface area (Å²) in [4.78, 5) is 37.4. The van der Waals surface area contributed by atoms with Gasteiger partial charge in [-0.1, -0.05) is 11.6 Å². The minimum absolute atomic E-state index is 0.0390. The minimum Gasteiger partial charge on any atom is -0.491 e. The number of carbonyl (C=O) groups excluding carboxylic acids is 2. The lowest BCUT2D eigenvalue weighted by Gasteiger charge is -2.23. The van der Waals surface area contributed by atoms with Gasteiger partial charge in [0.15, 0.2) is 0 Å². The number of hydrogen-bond donors (Lipinski definition) is 2. The van der Waals surface area contributed by atoms with Gasteiger partial charge >= 0.3 is 12.1 Å². The summed E-state index contributed by atoms with van der Waals surface area (Å²) in [6.45, 7) is 6.07. The minimum atomic E-state index is -1.23. The van der Waals surface area contributed by atoms with Gasteiger partial charge in [0.2, 0.25) is 5.91 Å². The highest BCUT2D eigenvalue weighted by Gasteiger charge is 2.26. The fourth-order valence-electron chi connectivity index (χ4n) is 2.71. The largest absolute Gasteiger partial charge is 0.491 e. The van der Waals surface area contributed by atoms with Crippen LogP contribution in [0.4, 0.5) is 4.79 Å². The van der Waals surface area contributed by atoms with Crippen molar-refractivity contribution in [2.75, 3.05) is 13.2 Å². The Bertz CT molecular complexity index is 746. The number of benzene rings is 1. The zero-order valence-corrected chi connectivity index (χ0v) is 16.9. The van der Waals surface area contributed by atoms with Crippen molar-refractivity contribution in [3.05, 3.63) is 28.8 Å². The van der Waals surface area contributed by atoms with Crippen molar-refractivity contribution < 1.29 is 29.0 Å². The molecule has 0 aromatic heterocycles. The van der Waals surface area contributed by atoms with Crippen LogP contribution >= 0.6 is 11.6 Å². The maximum absolute atomic E-state index is 12.6. The second-order valence-electron chi connectivity index (χ2n) is 7.49. The molecule has 1 aromatic rings. The van der Waals surface area contributed by atoms with Crippen molar-refractivity contribution in [1.29, 1.82) is 0 Å². The van der Waals surface area contributed by atoms with Gasteiger partial charge in [0.25, 0.3) is 0 Å². The van der Waals surface area contributed by atoms with Crippen LogP contribution in [0.3, 0.4) is 0 Å². The number of aliphatic carboxylic acids is 1. The maximum atomic E-state index is 12.6. The third-order valence-electron chi connectivity index (χ3n) is 3.99. The summed E-state index contributed by atoms with van der Waals surface area (Å²) in [5, 5.41) is 12.2. The second-order valence-corrected chi connectivity index (χ2v) is 7.93. The Morgan fingerprint density at radius 1 is 1.36 bits per heavy atom. The highest BCUT2D eigenvalue weighted by molar-refractivity contribution is 6.30. The molecule has 0 radical (unpaired) electrons. The Morgan fingerprint density at radius 2 is 2.07 bits per heavy atom. The number of nitrogens with one attached hydrogen (secondary N) is 1. The Kier molecular flexibility index (Phi) is 7.12. The molecule has 2 rings (SSSR count). The van der Waals surface area contributed by atoms with Gasteiger partial charge in [-0.05, 0) is 45.4 Å². The van der Waals surface area contributed by atoms with Crippen LogP contribution in [0.2, 0.25) is 5.02 Å². The number of fused-ring (bicyclic) bond motifs is 1. The molecular weight excluding hydrogens is 388 g/mol. The molecule has 2 N–H and O–H groups in total. The lowest BCUT2D eigenvalue weighted by molar-refractivity contribution is -0.140. The molecule has 28 heavy (non-hydrogen) atoms. The number of halogens is 1. The number of carboxylic acids is 1. The van der Waals surface area contributed by atoms with Crippen LogP contribution in [-0.4, -0.2) is 52.8 Å². The number of nitrogens with zero attached hydrogens (tertiary/aromatic N) is 1. The number of carbonyl (C=O) groups is 3. The van der Waals surface area contributed by atoms with Crippen molar-refractivity contribution in [2.24, 2.45) is 0 Å². The standard InChI is InChI=1S/C19H25ClN2O6/c1-19(2,3)28-18(26)21-14(17(24)25)5-7-16(23)22-8-9-27-15-6-4-13(20)10-12(15)11-22/h4,6,10,14H,5,7-9,11H2,1-3H3,(H,21,26)(H,24,25). The first-order valence-corrected chi connectivity index (χ1v) is 9.34. The lowest BCUT2D eigenvalue weighted by atomic mass is 10.1. The van der Waals surface area contributed by atoms with Crippen LogP contribution in [0.15, 0.2) is 18.2 Å². The van der Waals surface area contributed by atoms with Crippen LogP contribution in [0.5, 0.6) is 5.75 Å². The van der Waals surface area contributed by atoms with E-state index in [4.69, 9.17) is 21.1 Å². The van der Waals surface area contributed by atoms with Gasteiger partial charge in [-0.2, -0.15) is 0 Å². The van der Waals surface area contributed by atoms with Crippen LogP contribution in [0.1, 0.15) is 39.2 Å². The first-order valence-electron chi connectivity index (χ1n) is 8.96. The van der Waals surface area contributed by atoms with Crippen molar-refractivity contribution >= 4 is 29.6 Å². The topological polar surface area (TPSA) is 105 Å². The van der Waals surface area contributed by atoms with Crippen molar-refractivity contribution in [3.63, 3.8) is 0 Å². The first-order chi connectivity index (χ1) is 13.0. The quantitative estimate of drug-likeness (QED) is 0.770. The van der Waals surface area contributed by atoms with Gasteiger partial charge in [0, 0.05) is 23.6 Å². The Balaban J connectivity index is 1.95. The third-order valence-corrected chi connectivity index (χ3v) is 4.23. The molecule has 1 unspecified atom stereocenters. The number of alkyl carbamates (subject to hydrolysis) is 1. The molecule has 2 amide bonds. The molecule has 0 spiro atoms. The summed E-state index contributed by atoms with van der Waals surface area (Å²) in [5.74, 6) is -0.779. The molecule has 8 nitrogen and oxygen atoms in total. The fourth-order valence-corrected chi connectivity index (χ4v) is 2.90. The molecule has 1 heterocycles. The van der Waals surface area contributed by atoms with Crippen molar-refractivity contribution in [1.82, 2.24) is 10.2 Å². The smallest absolute Gasteiger partial charge is 0.408 e. The van der Waals surface area contributed by atoms with E-state index < -0.39 is 23.7 Å². The Labute approximate surface area is 168 Å². The average molecular weight is 413 g/mol. The van der Waals surface area contributed by atoms with E-state index in [1.165, 1.54) is 0 Å². The third kappa shape index (κ3) is 6.60. The average Bonchev–Trinajstić information content (AvgIpc) is 2.78. The molecule has 154 valence electrons. The van der Waals surface area contributed by atoms with Gasteiger partial charge in [-0.3, -0.25) is 4.79 Å². The molecule has 0 aliphatic carbocycles. The van der Waals surface area contributed by atoms with E-state index in [9.17, 15) is 19.5 Å². The summed E-state index contributed by atoms with van der Waals surface area (Å²) in [6.07, 6.45) is -0.922. The zero-order valence-electron chi connectivity index (χ0n) is 16.2. The molecular formula is C19H25ClN2O6. The van der Waals surface area contributed by atoms with E-state index in [-0.39, 0.29) is 18.7 Å². The van der Waals surface area contributed by atoms with Crippen LogP contribution in [-0.2, 0) is 20.9 Å². The number of rotatable bonds is 5. The van der Waals surface area contributed by atoms with Crippen molar-refractivity contribution in [3.8, 4) is 5.75 Å². The van der Waals surface area contributed by atoms with Crippen LogP contribution in [0, 0.1) is 0 Å². The molecule has 1 aliphatic heterocycles. The van der Waals surface area contributed by atoms with Gasteiger partial charge in [-0.15, -0.1) is 0 Å². The second kappa shape index (κ2) is 9.14. The normalized spacial score (nSPS) is 14.9. The Hall–Kier alpha value is -2.48. The summed E-state index contributed by atoms with van der Waals surface area (Å²) in [6, 6.07) is 4.00. The van der Waals surface area contributed by atoms with E-state index in [0.717, 1.165) is 5.56 Å². The molecule has 1 aliphatic rings. The van der Waals surface area contributed by atoms with Crippen LogP contribution < -0.4 is 10.1 Å². The molecule has 0 bridgehead atoms. The summed E-state index contributed by atoms with van der Waals surface area (Å²) < 4.78 is 10.7. The van der Waals surface area contributed by atoms with E-state index >= 15 is 0 Å². The van der Waals surface area contributed by atoms with E-state index in [1.54, 1.807) is 43.9 Å². The number of ether oxygens (including phenoxy) is 2. The lowest BCUT2D eigenvalue weighted by Crippen LogP contribution is -2.44. The summed E-state index contributed by atoms with van der Waals surface area (Å²) in [5.41, 5.74) is 0.0453. The SMILES string of the molecule is CC(C)(C)OC(=O)NC(CCC(=O)N1CCOc2ccc(Cl)cc2C1)C(=O)O. The summed E-state index contributed by atoms with van der Waals surface area (Å²) in [7, 11) is 0. The molecule has 1 aromatic carbocycles. The van der Waals surface area contributed by atoms with Gasteiger partial charge in [0.05, 0.1) is 6.54 Å². The van der Waals surface area contributed by atoms with E-state index in [0.29, 0.717) is 30.5 Å².